The van der Waals surface area contributed by atoms with Crippen molar-refractivity contribution in [3.05, 3.63) is 259 Å². The Morgan fingerprint density at radius 1 is 0.288 bits per heavy atom. The largest absolute Gasteiger partial charge is 0.311 e. The highest BCUT2D eigenvalue weighted by Gasteiger charge is 2.52. The van der Waals surface area contributed by atoms with Crippen molar-refractivity contribution in [3.8, 4) is 33.4 Å². The van der Waals surface area contributed by atoms with E-state index < -0.39 is 5.41 Å². The van der Waals surface area contributed by atoms with Crippen molar-refractivity contribution < 1.29 is 0 Å². The number of benzene rings is 11. The van der Waals surface area contributed by atoms with Gasteiger partial charge in [0.05, 0.1) is 5.41 Å². The fraction of sp³-hybridized carbons (Fsp3) is 0.0159. The lowest BCUT2D eigenvalue weighted by molar-refractivity contribution is 0.794. The quantitative estimate of drug-likeness (QED) is 0.164. The molecule has 304 valence electrons. The zero-order chi connectivity index (χ0) is 43.1. The van der Waals surface area contributed by atoms with Crippen LogP contribution in [-0.4, -0.2) is 6.71 Å². The summed E-state index contributed by atoms with van der Waals surface area (Å²) < 4.78 is 0. The van der Waals surface area contributed by atoms with E-state index in [0.29, 0.717) is 0 Å². The number of hydrogen-bond donors (Lipinski definition) is 0. The minimum Gasteiger partial charge on any atom is -0.311 e. The smallest absolute Gasteiger partial charge is 0.252 e. The Kier molecular flexibility index (Phi) is 7.27. The highest BCUT2D eigenvalue weighted by Crippen LogP contribution is 2.63. The first kappa shape index (κ1) is 36.0. The maximum Gasteiger partial charge on any atom is 0.252 e. The molecule has 1 spiro atoms. The van der Waals surface area contributed by atoms with Crippen LogP contribution >= 0.6 is 0 Å². The Morgan fingerprint density at radius 3 is 1.15 bits per heavy atom. The summed E-state index contributed by atoms with van der Waals surface area (Å²) in [7, 11) is 0. The molecule has 11 aromatic rings. The van der Waals surface area contributed by atoms with E-state index in [1.807, 2.05) is 0 Å². The minimum atomic E-state index is -0.436. The molecule has 66 heavy (non-hydrogen) atoms. The predicted molar refractivity (Wildman–Crippen MR) is 277 cm³/mol. The first-order valence-electron chi connectivity index (χ1n) is 23.1. The molecule has 0 aromatic heterocycles. The molecular formula is C63H39BN2. The van der Waals surface area contributed by atoms with Crippen molar-refractivity contribution in [1.82, 2.24) is 0 Å². The standard InChI is InChI=1S/C63H39BN2/c1-3-21-46(22-4-1)65-58-36-42-19-9-7-17-40(42)34-56(58)64-57-35-41-18-8-10-20-43(41)37-59(57)66(47-23-5-2-6-24-47)61-39-45(38-60(65)62(61)64)44-31-32-51-50-27-13-16-30-54(50)63(55(51)33-44)52-28-14-11-25-48(52)49-26-12-15-29-53(49)63/h1-39H. The van der Waals surface area contributed by atoms with E-state index in [4.69, 9.17) is 0 Å². The minimum absolute atomic E-state index is 0.00697. The van der Waals surface area contributed by atoms with Gasteiger partial charge in [-0.2, -0.15) is 0 Å². The molecule has 0 saturated heterocycles. The van der Waals surface area contributed by atoms with E-state index in [1.54, 1.807) is 0 Å². The van der Waals surface area contributed by atoms with Gasteiger partial charge in [0, 0.05) is 34.1 Å². The molecule has 0 radical (unpaired) electrons. The first-order chi connectivity index (χ1) is 32.7. The van der Waals surface area contributed by atoms with Gasteiger partial charge in [-0.3, -0.25) is 0 Å². The van der Waals surface area contributed by atoms with Crippen molar-refractivity contribution in [2.75, 3.05) is 9.80 Å². The van der Waals surface area contributed by atoms with Crippen LogP contribution in [0.5, 0.6) is 0 Å². The van der Waals surface area contributed by atoms with Crippen molar-refractivity contribution in [2.24, 2.45) is 0 Å². The molecule has 0 atom stereocenters. The van der Waals surface area contributed by atoms with E-state index in [2.05, 4.69) is 246 Å². The van der Waals surface area contributed by atoms with Crippen LogP contribution in [-0.2, 0) is 5.41 Å². The van der Waals surface area contributed by atoms with E-state index >= 15 is 0 Å². The second-order valence-electron chi connectivity index (χ2n) is 18.4. The molecule has 2 heterocycles. The molecule has 2 aliphatic carbocycles. The molecule has 4 aliphatic rings. The lowest BCUT2D eigenvalue weighted by Gasteiger charge is -2.44. The van der Waals surface area contributed by atoms with Crippen LogP contribution < -0.4 is 26.2 Å². The Balaban J connectivity index is 1.06. The monoisotopic (exact) mass is 834 g/mol. The SMILES string of the molecule is c1ccc(N2c3cc4ccccc4cc3B3c4cc5ccccc5cc4N(c4ccccc4)c4cc(-c5ccc6c(c5)C5(c7ccccc7-c7ccccc75)c5ccccc5-6)cc2c43)cc1. The lowest BCUT2D eigenvalue weighted by atomic mass is 9.33. The van der Waals surface area contributed by atoms with Gasteiger partial charge in [-0.05, 0) is 148 Å². The number of anilines is 6. The molecule has 11 aromatic carbocycles. The van der Waals surface area contributed by atoms with E-state index in [1.165, 1.54) is 116 Å². The van der Waals surface area contributed by atoms with Crippen LogP contribution in [0.3, 0.4) is 0 Å². The average Bonchev–Trinajstić information content (AvgIpc) is 3.85. The normalized spacial score (nSPS) is 14.1. The van der Waals surface area contributed by atoms with Gasteiger partial charge >= 0.3 is 0 Å². The van der Waals surface area contributed by atoms with E-state index in [9.17, 15) is 0 Å². The molecule has 2 nitrogen and oxygen atoms in total. The Morgan fingerprint density at radius 2 is 0.682 bits per heavy atom. The summed E-state index contributed by atoms with van der Waals surface area (Å²) in [5.74, 6) is 0. The lowest BCUT2D eigenvalue weighted by Crippen LogP contribution is -2.61. The Bertz CT molecular complexity index is 3640. The van der Waals surface area contributed by atoms with Gasteiger partial charge in [0.2, 0.25) is 0 Å². The van der Waals surface area contributed by atoms with Gasteiger partial charge in [-0.25, -0.2) is 0 Å². The molecule has 2 aliphatic heterocycles. The van der Waals surface area contributed by atoms with E-state index in [0.717, 1.165) is 11.4 Å². The predicted octanol–water partition coefficient (Wildman–Crippen LogP) is 14.1. The molecule has 0 unspecified atom stereocenters. The summed E-state index contributed by atoms with van der Waals surface area (Å²) in [4.78, 5) is 5.09. The average molecular weight is 835 g/mol. The van der Waals surface area contributed by atoms with Crippen molar-refractivity contribution >= 4 is 78.8 Å². The van der Waals surface area contributed by atoms with Crippen molar-refractivity contribution in [1.29, 1.82) is 0 Å². The molecule has 0 amide bonds. The van der Waals surface area contributed by atoms with Gasteiger partial charge < -0.3 is 9.80 Å². The van der Waals surface area contributed by atoms with Crippen LogP contribution in [0, 0.1) is 0 Å². The summed E-state index contributed by atoms with van der Waals surface area (Å²) in [6, 6.07) is 89.1. The molecule has 0 N–H and O–H groups in total. The number of rotatable bonds is 3. The summed E-state index contributed by atoms with van der Waals surface area (Å²) in [5.41, 5.74) is 23.7. The van der Waals surface area contributed by atoms with Gasteiger partial charge in [-0.15, -0.1) is 0 Å². The first-order valence-corrected chi connectivity index (χ1v) is 23.1. The second kappa shape index (κ2) is 13.3. The third kappa shape index (κ3) is 4.71. The van der Waals surface area contributed by atoms with Gasteiger partial charge in [0.25, 0.3) is 6.71 Å². The third-order valence-corrected chi connectivity index (χ3v) is 15.2. The zero-order valence-corrected chi connectivity index (χ0v) is 36.0. The van der Waals surface area contributed by atoms with Crippen LogP contribution in [0.25, 0.3) is 54.9 Å². The summed E-state index contributed by atoms with van der Waals surface area (Å²) in [5, 5.41) is 4.97. The zero-order valence-electron chi connectivity index (χ0n) is 36.0. The molecule has 0 saturated carbocycles. The Labute approximate surface area is 384 Å². The van der Waals surface area contributed by atoms with Crippen LogP contribution in [0.2, 0.25) is 0 Å². The Hall–Kier alpha value is -8.40. The highest BCUT2D eigenvalue weighted by molar-refractivity contribution is 7.00. The molecule has 15 rings (SSSR count). The molecule has 3 heteroatoms. The highest BCUT2D eigenvalue weighted by atomic mass is 15.2. The fourth-order valence-corrected chi connectivity index (χ4v) is 12.5. The summed E-state index contributed by atoms with van der Waals surface area (Å²) in [6.07, 6.45) is 0. The number of hydrogen-bond acceptors (Lipinski definition) is 2. The number of nitrogens with zero attached hydrogens (tertiary/aromatic N) is 2. The van der Waals surface area contributed by atoms with Crippen LogP contribution in [0.1, 0.15) is 22.3 Å². The van der Waals surface area contributed by atoms with Gasteiger partial charge in [0.1, 0.15) is 0 Å². The maximum atomic E-state index is 2.55. The van der Waals surface area contributed by atoms with E-state index in [-0.39, 0.29) is 6.71 Å². The second-order valence-corrected chi connectivity index (χ2v) is 18.4. The number of para-hydroxylation sites is 2. The topological polar surface area (TPSA) is 6.48 Å². The third-order valence-electron chi connectivity index (χ3n) is 15.2. The van der Waals surface area contributed by atoms with Crippen LogP contribution in [0.4, 0.5) is 34.1 Å². The summed E-state index contributed by atoms with van der Waals surface area (Å²) >= 11 is 0. The molecule has 0 bridgehead atoms. The molecular weight excluding hydrogens is 796 g/mol. The maximum absolute atomic E-state index is 2.55. The van der Waals surface area contributed by atoms with Crippen molar-refractivity contribution in [3.63, 3.8) is 0 Å². The fourth-order valence-electron chi connectivity index (χ4n) is 12.5. The number of fused-ring (bicyclic) bond motifs is 16. The van der Waals surface area contributed by atoms with Crippen molar-refractivity contribution in [2.45, 2.75) is 5.41 Å². The summed E-state index contributed by atoms with van der Waals surface area (Å²) in [6.45, 7) is -0.00697. The van der Waals surface area contributed by atoms with Gasteiger partial charge in [0.15, 0.2) is 0 Å². The van der Waals surface area contributed by atoms with Gasteiger partial charge in [-0.1, -0.05) is 182 Å². The van der Waals surface area contributed by atoms with Crippen LogP contribution in [0.15, 0.2) is 237 Å². The molecule has 0 fully saturated rings.